The highest BCUT2D eigenvalue weighted by Gasteiger charge is 2.14. The van der Waals surface area contributed by atoms with Gasteiger partial charge in [-0.1, -0.05) is 18.2 Å². The van der Waals surface area contributed by atoms with Crippen molar-refractivity contribution in [3.63, 3.8) is 0 Å². The van der Waals surface area contributed by atoms with Gasteiger partial charge < -0.3 is 14.2 Å². The molecule has 25 heavy (non-hydrogen) atoms. The monoisotopic (exact) mass is 342 g/mol. The van der Waals surface area contributed by atoms with E-state index in [9.17, 15) is 9.59 Å². The zero-order valence-electron chi connectivity index (χ0n) is 14.9. The number of ketones is 1. The van der Waals surface area contributed by atoms with Gasteiger partial charge in [-0.05, 0) is 55.7 Å². The first kappa shape index (κ1) is 18.5. The Balaban J connectivity index is 1.89. The molecule has 0 aliphatic rings. The molecule has 0 spiro atoms. The molecule has 2 aromatic carbocycles. The number of methoxy groups -OCH3 is 1. The Morgan fingerprint density at radius 1 is 0.880 bits per heavy atom. The van der Waals surface area contributed by atoms with Crippen LogP contribution in [-0.4, -0.2) is 32.1 Å². The highest BCUT2D eigenvalue weighted by Crippen LogP contribution is 2.25. The molecule has 0 N–H and O–H groups in total. The second kappa shape index (κ2) is 8.33. The first-order valence-corrected chi connectivity index (χ1v) is 7.95. The minimum atomic E-state index is -0.610. The van der Waals surface area contributed by atoms with Gasteiger partial charge in [0.15, 0.2) is 24.7 Å². The smallest absolute Gasteiger partial charge is 0.344 e. The van der Waals surface area contributed by atoms with Crippen LogP contribution in [0, 0.1) is 20.8 Å². The Labute approximate surface area is 147 Å². The maximum absolute atomic E-state index is 12.3. The standard InChI is InChI=1S/C20H22O5/c1-13-9-15(3)16(10-14(13)2)17(21)11-25-20(22)12-24-19-8-6-5-7-18(19)23-4/h5-10H,11-12H2,1-4H3. The number of hydrogen-bond acceptors (Lipinski definition) is 5. The average molecular weight is 342 g/mol. The van der Waals surface area contributed by atoms with Crippen LogP contribution in [0.25, 0.3) is 0 Å². The maximum Gasteiger partial charge on any atom is 0.344 e. The van der Waals surface area contributed by atoms with E-state index >= 15 is 0 Å². The molecule has 0 radical (unpaired) electrons. The van der Waals surface area contributed by atoms with Crippen LogP contribution in [-0.2, 0) is 9.53 Å². The highest BCUT2D eigenvalue weighted by molar-refractivity contribution is 5.99. The third kappa shape index (κ3) is 4.83. The van der Waals surface area contributed by atoms with Gasteiger partial charge in [0.1, 0.15) is 0 Å². The molecular weight excluding hydrogens is 320 g/mol. The van der Waals surface area contributed by atoms with E-state index < -0.39 is 5.97 Å². The van der Waals surface area contributed by atoms with Gasteiger partial charge in [-0.2, -0.15) is 0 Å². The summed E-state index contributed by atoms with van der Waals surface area (Å²) in [6.07, 6.45) is 0. The van der Waals surface area contributed by atoms with Crippen LogP contribution in [0.5, 0.6) is 11.5 Å². The summed E-state index contributed by atoms with van der Waals surface area (Å²) in [6, 6.07) is 10.8. The average Bonchev–Trinajstić information content (AvgIpc) is 2.61. The topological polar surface area (TPSA) is 61.8 Å². The van der Waals surface area contributed by atoms with Gasteiger partial charge in [0.25, 0.3) is 0 Å². The zero-order chi connectivity index (χ0) is 18.4. The summed E-state index contributed by atoms with van der Waals surface area (Å²) in [5.74, 6) is 0.127. The van der Waals surface area contributed by atoms with Gasteiger partial charge in [0.05, 0.1) is 7.11 Å². The lowest BCUT2D eigenvalue weighted by Crippen LogP contribution is -2.20. The fourth-order valence-corrected chi connectivity index (χ4v) is 2.40. The van der Waals surface area contributed by atoms with Crippen LogP contribution in [0.4, 0.5) is 0 Å². The molecule has 5 heteroatoms. The second-order valence-electron chi connectivity index (χ2n) is 5.77. The van der Waals surface area contributed by atoms with Crippen molar-refractivity contribution in [2.75, 3.05) is 20.3 Å². The van der Waals surface area contributed by atoms with Crippen molar-refractivity contribution < 1.29 is 23.8 Å². The summed E-state index contributed by atoms with van der Waals surface area (Å²) in [4.78, 5) is 24.1. The first-order valence-electron chi connectivity index (χ1n) is 7.95. The molecule has 0 saturated carbocycles. The van der Waals surface area contributed by atoms with E-state index in [1.165, 1.54) is 7.11 Å². The van der Waals surface area contributed by atoms with Crippen molar-refractivity contribution in [2.24, 2.45) is 0 Å². The molecule has 132 valence electrons. The second-order valence-corrected chi connectivity index (χ2v) is 5.77. The summed E-state index contributed by atoms with van der Waals surface area (Å²) in [5, 5.41) is 0. The molecule has 2 rings (SSSR count). The molecule has 0 amide bonds. The molecule has 5 nitrogen and oxygen atoms in total. The van der Waals surface area contributed by atoms with Gasteiger partial charge in [-0.25, -0.2) is 4.79 Å². The van der Waals surface area contributed by atoms with Crippen molar-refractivity contribution in [1.82, 2.24) is 0 Å². The minimum absolute atomic E-state index is 0.230. The predicted molar refractivity (Wildman–Crippen MR) is 94.4 cm³/mol. The lowest BCUT2D eigenvalue weighted by atomic mass is 9.98. The van der Waals surface area contributed by atoms with Crippen molar-refractivity contribution in [1.29, 1.82) is 0 Å². The predicted octanol–water partition coefficient (Wildman–Crippen LogP) is 3.43. The van der Waals surface area contributed by atoms with E-state index in [0.29, 0.717) is 17.1 Å². The molecule has 0 heterocycles. The van der Waals surface area contributed by atoms with Crippen molar-refractivity contribution >= 4 is 11.8 Å². The third-order valence-electron chi connectivity index (χ3n) is 3.92. The van der Waals surface area contributed by atoms with E-state index in [0.717, 1.165) is 16.7 Å². The molecule has 0 fully saturated rings. The number of para-hydroxylation sites is 2. The molecule has 2 aromatic rings. The molecule has 0 atom stereocenters. The Hall–Kier alpha value is -2.82. The lowest BCUT2D eigenvalue weighted by molar-refractivity contribution is -0.144. The molecule has 0 saturated heterocycles. The summed E-state index contributed by atoms with van der Waals surface area (Å²) < 4.78 is 15.5. The van der Waals surface area contributed by atoms with E-state index in [2.05, 4.69) is 0 Å². The van der Waals surface area contributed by atoms with Crippen LogP contribution in [0.2, 0.25) is 0 Å². The van der Waals surface area contributed by atoms with Crippen LogP contribution in [0.15, 0.2) is 36.4 Å². The van der Waals surface area contributed by atoms with Gasteiger partial charge in [-0.15, -0.1) is 0 Å². The van der Waals surface area contributed by atoms with Crippen molar-refractivity contribution in [3.05, 3.63) is 58.7 Å². The SMILES string of the molecule is COc1ccccc1OCC(=O)OCC(=O)c1cc(C)c(C)cc1C. The number of esters is 1. The van der Waals surface area contributed by atoms with Gasteiger partial charge >= 0.3 is 5.97 Å². The molecule has 0 unspecified atom stereocenters. The summed E-state index contributed by atoms with van der Waals surface area (Å²) >= 11 is 0. The molecule has 0 bridgehead atoms. The van der Waals surface area contributed by atoms with Crippen LogP contribution >= 0.6 is 0 Å². The lowest BCUT2D eigenvalue weighted by Gasteiger charge is -2.11. The van der Waals surface area contributed by atoms with Gasteiger partial charge in [0, 0.05) is 5.56 Å². The molecule has 0 aliphatic carbocycles. The van der Waals surface area contributed by atoms with E-state index in [-0.39, 0.29) is 19.0 Å². The number of rotatable bonds is 7. The van der Waals surface area contributed by atoms with E-state index in [1.54, 1.807) is 24.3 Å². The molecule has 0 aliphatic heterocycles. The Bertz CT molecular complexity index is 780. The number of benzene rings is 2. The Morgan fingerprint density at radius 2 is 1.52 bits per heavy atom. The summed E-state index contributed by atoms with van der Waals surface area (Å²) in [7, 11) is 1.52. The summed E-state index contributed by atoms with van der Waals surface area (Å²) in [5.41, 5.74) is 3.59. The number of carbonyl (C=O) groups is 2. The molecular formula is C20H22O5. The number of carbonyl (C=O) groups excluding carboxylic acids is 2. The number of Topliss-reactive ketones (excluding diaryl/α,β-unsaturated/α-hetero) is 1. The maximum atomic E-state index is 12.3. The largest absolute Gasteiger partial charge is 0.493 e. The number of ether oxygens (including phenoxy) is 3. The first-order chi connectivity index (χ1) is 11.9. The van der Waals surface area contributed by atoms with Crippen LogP contribution in [0.3, 0.4) is 0 Å². The Morgan fingerprint density at radius 3 is 2.20 bits per heavy atom. The van der Waals surface area contributed by atoms with Crippen LogP contribution in [0.1, 0.15) is 27.0 Å². The highest BCUT2D eigenvalue weighted by atomic mass is 16.6. The Kier molecular flexibility index (Phi) is 6.17. The van der Waals surface area contributed by atoms with E-state index in [1.807, 2.05) is 32.9 Å². The molecule has 0 aromatic heterocycles. The fourth-order valence-electron chi connectivity index (χ4n) is 2.40. The third-order valence-corrected chi connectivity index (χ3v) is 3.92. The van der Waals surface area contributed by atoms with Crippen LogP contribution < -0.4 is 9.47 Å². The van der Waals surface area contributed by atoms with Gasteiger partial charge in [-0.3, -0.25) is 4.79 Å². The zero-order valence-corrected chi connectivity index (χ0v) is 14.9. The summed E-state index contributed by atoms with van der Waals surface area (Å²) in [6.45, 7) is 5.20. The minimum Gasteiger partial charge on any atom is -0.493 e. The number of hydrogen-bond donors (Lipinski definition) is 0. The normalized spacial score (nSPS) is 10.2. The van der Waals surface area contributed by atoms with Gasteiger partial charge in [0.2, 0.25) is 5.78 Å². The quantitative estimate of drug-likeness (QED) is 0.570. The van der Waals surface area contributed by atoms with Crippen molar-refractivity contribution in [3.8, 4) is 11.5 Å². The van der Waals surface area contributed by atoms with Crippen molar-refractivity contribution in [2.45, 2.75) is 20.8 Å². The van der Waals surface area contributed by atoms with E-state index in [4.69, 9.17) is 14.2 Å². The fraction of sp³-hybridized carbons (Fsp3) is 0.300. The number of aryl methyl sites for hydroxylation is 3.